The average Bonchev–Trinajstić information content (AvgIpc) is 2.01. The molecule has 3 nitrogen and oxygen atoms in total. The second-order valence-electron chi connectivity index (χ2n) is 5.04. The predicted molar refractivity (Wildman–Crippen MR) is 57.1 cm³/mol. The lowest BCUT2D eigenvalue weighted by Gasteiger charge is -2.38. The minimum absolute atomic E-state index is 0.216. The summed E-state index contributed by atoms with van der Waals surface area (Å²) in [5, 5.41) is 19.5. The van der Waals surface area contributed by atoms with Crippen molar-refractivity contribution in [2.75, 3.05) is 19.6 Å². The quantitative estimate of drug-likeness (QED) is 0.711. The third-order valence-electron chi connectivity index (χ3n) is 3.04. The Labute approximate surface area is 86.7 Å². The van der Waals surface area contributed by atoms with Gasteiger partial charge in [0.05, 0.1) is 11.7 Å². The molecule has 3 heteroatoms. The first-order chi connectivity index (χ1) is 6.43. The highest BCUT2D eigenvalue weighted by molar-refractivity contribution is 4.82. The lowest BCUT2D eigenvalue weighted by Crippen LogP contribution is -2.48. The molecule has 1 rings (SSSR count). The molecule has 0 saturated carbocycles. The van der Waals surface area contributed by atoms with E-state index >= 15 is 0 Å². The van der Waals surface area contributed by atoms with Crippen LogP contribution in [-0.2, 0) is 0 Å². The van der Waals surface area contributed by atoms with E-state index in [2.05, 4.69) is 11.8 Å². The molecule has 0 amide bonds. The number of piperidine rings is 1. The monoisotopic (exact) mass is 201 g/mol. The van der Waals surface area contributed by atoms with Crippen LogP contribution >= 0.6 is 0 Å². The van der Waals surface area contributed by atoms with Gasteiger partial charge in [-0.3, -0.25) is 4.90 Å². The number of aliphatic hydroxyl groups excluding tert-OH is 1. The van der Waals surface area contributed by atoms with Gasteiger partial charge in [-0.2, -0.15) is 0 Å². The number of nitrogens with zero attached hydrogens (tertiary/aromatic N) is 1. The van der Waals surface area contributed by atoms with E-state index in [0.717, 1.165) is 19.4 Å². The Morgan fingerprint density at radius 2 is 2.07 bits per heavy atom. The first-order valence-electron chi connectivity index (χ1n) is 5.56. The van der Waals surface area contributed by atoms with Crippen LogP contribution in [0.5, 0.6) is 0 Å². The molecule has 0 aromatic carbocycles. The van der Waals surface area contributed by atoms with E-state index in [0.29, 0.717) is 19.0 Å². The number of likely N-dealkylation sites (tertiary alicyclic amines) is 1. The molecule has 1 unspecified atom stereocenters. The third-order valence-corrected chi connectivity index (χ3v) is 3.04. The number of hydrogen-bond donors (Lipinski definition) is 2. The molecule has 0 aliphatic carbocycles. The van der Waals surface area contributed by atoms with Crippen molar-refractivity contribution in [3.63, 3.8) is 0 Å². The molecule has 0 aromatic rings. The van der Waals surface area contributed by atoms with Gasteiger partial charge in [-0.1, -0.05) is 13.8 Å². The van der Waals surface area contributed by atoms with Crippen LogP contribution in [0.15, 0.2) is 0 Å². The topological polar surface area (TPSA) is 43.7 Å². The molecule has 0 radical (unpaired) electrons. The SMILES string of the molecule is CCC(C)(O)CN1C[C@@H](C)C[C@@H](O)C1. The van der Waals surface area contributed by atoms with Crippen molar-refractivity contribution in [2.24, 2.45) is 5.92 Å². The van der Waals surface area contributed by atoms with Crippen molar-refractivity contribution >= 4 is 0 Å². The molecular formula is C11H23NO2. The van der Waals surface area contributed by atoms with Crippen LogP contribution in [0.25, 0.3) is 0 Å². The van der Waals surface area contributed by atoms with Gasteiger partial charge < -0.3 is 10.2 Å². The Bertz CT molecular complexity index is 172. The molecule has 1 saturated heterocycles. The standard InChI is InChI=1S/C11H23NO2/c1-4-11(3,14)8-12-6-9(2)5-10(13)7-12/h9-10,13-14H,4-8H2,1-3H3/t9-,10+,11?/m0/s1. The molecule has 1 aliphatic heterocycles. The van der Waals surface area contributed by atoms with Gasteiger partial charge in [0.2, 0.25) is 0 Å². The van der Waals surface area contributed by atoms with Crippen molar-refractivity contribution in [3.05, 3.63) is 0 Å². The summed E-state index contributed by atoms with van der Waals surface area (Å²) in [5.41, 5.74) is -0.614. The van der Waals surface area contributed by atoms with Gasteiger partial charge in [0.25, 0.3) is 0 Å². The third kappa shape index (κ3) is 3.56. The minimum atomic E-state index is -0.614. The zero-order chi connectivity index (χ0) is 10.8. The number of β-amino-alcohol motifs (C(OH)–C–C–N with tert-alkyl or cyclic N) is 2. The van der Waals surface area contributed by atoms with Gasteiger partial charge >= 0.3 is 0 Å². The summed E-state index contributed by atoms with van der Waals surface area (Å²) in [7, 11) is 0. The van der Waals surface area contributed by atoms with Crippen molar-refractivity contribution < 1.29 is 10.2 Å². The van der Waals surface area contributed by atoms with Crippen molar-refractivity contribution in [2.45, 2.75) is 45.3 Å². The second-order valence-corrected chi connectivity index (χ2v) is 5.04. The van der Waals surface area contributed by atoms with Gasteiger partial charge in [0.15, 0.2) is 0 Å². The normalized spacial score (nSPS) is 34.1. The summed E-state index contributed by atoms with van der Waals surface area (Å²) in [4.78, 5) is 2.17. The van der Waals surface area contributed by atoms with E-state index in [9.17, 15) is 10.2 Å². The lowest BCUT2D eigenvalue weighted by atomic mass is 9.95. The van der Waals surface area contributed by atoms with Crippen molar-refractivity contribution in [1.29, 1.82) is 0 Å². The first kappa shape index (κ1) is 12.0. The van der Waals surface area contributed by atoms with Gasteiger partial charge in [-0.05, 0) is 25.7 Å². The van der Waals surface area contributed by atoms with Crippen LogP contribution in [0.4, 0.5) is 0 Å². The summed E-state index contributed by atoms with van der Waals surface area (Å²) in [6.45, 7) is 8.37. The molecule has 0 bridgehead atoms. The summed E-state index contributed by atoms with van der Waals surface area (Å²) < 4.78 is 0. The zero-order valence-corrected chi connectivity index (χ0v) is 9.53. The largest absolute Gasteiger partial charge is 0.392 e. The number of hydrogen-bond acceptors (Lipinski definition) is 3. The Morgan fingerprint density at radius 3 is 2.57 bits per heavy atom. The molecule has 84 valence electrons. The number of rotatable bonds is 3. The highest BCUT2D eigenvalue weighted by atomic mass is 16.3. The highest BCUT2D eigenvalue weighted by Gasteiger charge is 2.28. The molecule has 0 aromatic heterocycles. The maximum atomic E-state index is 9.92. The minimum Gasteiger partial charge on any atom is -0.392 e. The van der Waals surface area contributed by atoms with E-state index < -0.39 is 5.60 Å². The van der Waals surface area contributed by atoms with E-state index in [-0.39, 0.29) is 6.10 Å². The summed E-state index contributed by atoms with van der Waals surface area (Å²) in [5.74, 6) is 0.534. The van der Waals surface area contributed by atoms with Gasteiger partial charge in [-0.15, -0.1) is 0 Å². The summed E-state index contributed by atoms with van der Waals surface area (Å²) in [6.07, 6.45) is 1.44. The maximum Gasteiger partial charge on any atom is 0.0743 e. The molecule has 1 fully saturated rings. The number of aliphatic hydroxyl groups is 2. The van der Waals surface area contributed by atoms with Crippen LogP contribution < -0.4 is 0 Å². The van der Waals surface area contributed by atoms with Gasteiger partial charge in [0, 0.05) is 19.6 Å². The fourth-order valence-electron chi connectivity index (χ4n) is 2.15. The highest BCUT2D eigenvalue weighted by Crippen LogP contribution is 2.19. The average molecular weight is 201 g/mol. The van der Waals surface area contributed by atoms with E-state index in [1.807, 2.05) is 13.8 Å². The molecule has 2 N–H and O–H groups in total. The van der Waals surface area contributed by atoms with Gasteiger partial charge in [0.1, 0.15) is 0 Å². The predicted octanol–water partition coefficient (Wildman–Crippen LogP) is 0.850. The van der Waals surface area contributed by atoms with E-state index in [4.69, 9.17) is 0 Å². The molecular weight excluding hydrogens is 178 g/mol. The lowest BCUT2D eigenvalue weighted by molar-refractivity contribution is -0.0226. The van der Waals surface area contributed by atoms with Crippen molar-refractivity contribution in [1.82, 2.24) is 4.90 Å². The van der Waals surface area contributed by atoms with Crippen LogP contribution in [0.3, 0.4) is 0 Å². The Kier molecular flexibility index (Phi) is 3.93. The van der Waals surface area contributed by atoms with Gasteiger partial charge in [-0.25, -0.2) is 0 Å². The summed E-state index contributed by atoms with van der Waals surface area (Å²) >= 11 is 0. The smallest absolute Gasteiger partial charge is 0.0743 e. The van der Waals surface area contributed by atoms with Crippen LogP contribution in [0.1, 0.15) is 33.6 Å². The molecule has 0 spiro atoms. The van der Waals surface area contributed by atoms with Crippen LogP contribution in [0.2, 0.25) is 0 Å². The van der Waals surface area contributed by atoms with Crippen LogP contribution in [-0.4, -0.2) is 46.5 Å². The molecule has 3 atom stereocenters. The molecule has 1 aliphatic rings. The fourth-order valence-corrected chi connectivity index (χ4v) is 2.15. The van der Waals surface area contributed by atoms with E-state index in [1.165, 1.54) is 0 Å². The molecule has 14 heavy (non-hydrogen) atoms. The maximum absolute atomic E-state index is 9.92. The zero-order valence-electron chi connectivity index (χ0n) is 9.53. The van der Waals surface area contributed by atoms with E-state index in [1.54, 1.807) is 0 Å². The van der Waals surface area contributed by atoms with Crippen molar-refractivity contribution in [3.8, 4) is 0 Å². The molecule has 1 heterocycles. The fraction of sp³-hybridized carbons (Fsp3) is 1.00. The Morgan fingerprint density at radius 1 is 1.43 bits per heavy atom. The summed E-state index contributed by atoms with van der Waals surface area (Å²) in [6, 6.07) is 0. The Hall–Kier alpha value is -0.120. The first-order valence-corrected chi connectivity index (χ1v) is 5.56. The second kappa shape index (κ2) is 4.60. The Balaban J connectivity index is 2.44. The van der Waals surface area contributed by atoms with Crippen LogP contribution in [0, 0.1) is 5.92 Å².